The summed E-state index contributed by atoms with van der Waals surface area (Å²) in [6.07, 6.45) is 0. The van der Waals surface area contributed by atoms with Crippen LogP contribution in [0.15, 0.2) is 18.2 Å². The molecule has 18 heavy (non-hydrogen) atoms. The summed E-state index contributed by atoms with van der Waals surface area (Å²) in [5.41, 5.74) is 5.50. The minimum atomic E-state index is 0.0567. The Morgan fingerprint density at radius 2 is 1.78 bits per heavy atom. The second kappa shape index (κ2) is 4.41. The van der Waals surface area contributed by atoms with Crippen LogP contribution in [0.3, 0.4) is 0 Å². The molecular weight excluding hydrogens is 224 g/mol. The fourth-order valence-electron chi connectivity index (χ4n) is 2.13. The minimum absolute atomic E-state index is 0.0567. The molecule has 1 aromatic carbocycles. The number of rotatable bonds is 2. The van der Waals surface area contributed by atoms with Crippen molar-refractivity contribution in [2.75, 3.05) is 0 Å². The van der Waals surface area contributed by atoms with Crippen molar-refractivity contribution in [2.45, 2.75) is 27.7 Å². The van der Waals surface area contributed by atoms with Gasteiger partial charge in [-0.05, 0) is 44.9 Å². The van der Waals surface area contributed by atoms with Gasteiger partial charge in [-0.3, -0.25) is 9.48 Å². The number of benzene rings is 1. The molecule has 0 radical (unpaired) electrons. The predicted molar refractivity (Wildman–Crippen MR) is 72.0 cm³/mol. The zero-order valence-corrected chi connectivity index (χ0v) is 11.5. The maximum Gasteiger partial charge on any atom is 0.196 e. The predicted octanol–water partition coefficient (Wildman–Crippen LogP) is 2.88. The van der Waals surface area contributed by atoms with E-state index in [4.69, 9.17) is 0 Å². The van der Waals surface area contributed by atoms with Gasteiger partial charge in [0.2, 0.25) is 0 Å². The van der Waals surface area contributed by atoms with E-state index in [0.717, 1.165) is 28.1 Å². The van der Waals surface area contributed by atoms with Gasteiger partial charge in [-0.25, -0.2) is 0 Å². The molecule has 0 saturated carbocycles. The lowest BCUT2D eigenvalue weighted by molar-refractivity contribution is 0.103. The van der Waals surface area contributed by atoms with Gasteiger partial charge in [0.05, 0.1) is 11.3 Å². The van der Waals surface area contributed by atoms with Crippen LogP contribution in [0.5, 0.6) is 0 Å². The van der Waals surface area contributed by atoms with Crippen LogP contribution in [0, 0.1) is 27.7 Å². The van der Waals surface area contributed by atoms with E-state index in [-0.39, 0.29) is 5.78 Å². The third-order valence-corrected chi connectivity index (χ3v) is 3.51. The summed E-state index contributed by atoms with van der Waals surface area (Å²) in [6.45, 7) is 7.87. The SMILES string of the molecule is Cc1ccc(C(=O)c2c(C)nn(C)c2C)cc1C. The van der Waals surface area contributed by atoms with E-state index in [1.807, 2.05) is 52.9 Å². The summed E-state index contributed by atoms with van der Waals surface area (Å²) in [5.74, 6) is 0.0567. The van der Waals surface area contributed by atoms with Gasteiger partial charge in [-0.2, -0.15) is 5.10 Å². The topological polar surface area (TPSA) is 34.9 Å². The second-order valence-corrected chi connectivity index (χ2v) is 4.80. The Balaban J connectivity index is 2.51. The van der Waals surface area contributed by atoms with Crippen LogP contribution in [-0.4, -0.2) is 15.6 Å². The summed E-state index contributed by atoms with van der Waals surface area (Å²) in [4.78, 5) is 12.5. The highest BCUT2D eigenvalue weighted by atomic mass is 16.1. The maximum atomic E-state index is 12.5. The first kappa shape index (κ1) is 12.6. The number of ketones is 1. The number of carbonyl (C=O) groups is 1. The number of carbonyl (C=O) groups excluding carboxylic acids is 1. The van der Waals surface area contributed by atoms with Gasteiger partial charge in [-0.1, -0.05) is 12.1 Å². The summed E-state index contributed by atoms with van der Waals surface area (Å²) < 4.78 is 1.75. The van der Waals surface area contributed by atoms with E-state index in [1.165, 1.54) is 5.56 Å². The third-order valence-electron chi connectivity index (χ3n) is 3.51. The first-order valence-corrected chi connectivity index (χ1v) is 6.04. The van der Waals surface area contributed by atoms with Crippen LogP contribution >= 0.6 is 0 Å². The number of hydrogen-bond acceptors (Lipinski definition) is 2. The van der Waals surface area contributed by atoms with Crippen LogP contribution in [0.4, 0.5) is 0 Å². The highest BCUT2D eigenvalue weighted by Crippen LogP contribution is 2.19. The molecule has 2 rings (SSSR count). The quantitative estimate of drug-likeness (QED) is 0.759. The third kappa shape index (κ3) is 1.96. The van der Waals surface area contributed by atoms with Gasteiger partial charge in [0.15, 0.2) is 5.78 Å². The molecule has 1 heterocycles. The Hall–Kier alpha value is -1.90. The largest absolute Gasteiger partial charge is 0.288 e. The van der Waals surface area contributed by atoms with Crippen molar-refractivity contribution in [3.63, 3.8) is 0 Å². The molecule has 0 spiro atoms. The van der Waals surface area contributed by atoms with Gasteiger partial charge in [0.1, 0.15) is 0 Å². The number of nitrogens with zero attached hydrogens (tertiary/aromatic N) is 2. The Morgan fingerprint density at radius 3 is 2.28 bits per heavy atom. The zero-order valence-electron chi connectivity index (χ0n) is 11.5. The smallest absolute Gasteiger partial charge is 0.196 e. The molecule has 0 atom stereocenters. The molecule has 0 bridgehead atoms. The van der Waals surface area contributed by atoms with Crippen molar-refractivity contribution in [1.82, 2.24) is 9.78 Å². The highest BCUT2D eigenvalue weighted by molar-refractivity contribution is 6.10. The van der Waals surface area contributed by atoms with Crippen LogP contribution in [-0.2, 0) is 7.05 Å². The van der Waals surface area contributed by atoms with E-state index >= 15 is 0 Å². The summed E-state index contributed by atoms with van der Waals surface area (Å²) in [7, 11) is 1.86. The van der Waals surface area contributed by atoms with Gasteiger partial charge >= 0.3 is 0 Å². The Labute approximate surface area is 107 Å². The van der Waals surface area contributed by atoms with E-state index in [0.29, 0.717) is 0 Å². The molecule has 0 saturated heterocycles. The molecule has 0 N–H and O–H groups in total. The summed E-state index contributed by atoms with van der Waals surface area (Å²) >= 11 is 0. The standard InChI is InChI=1S/C15H18N2O/c1-9-6-7-13(8-10(9)2)15(18)14-11(3)16-17(5)12(14)4/h6-8H,1-5H3. The van der Waals surface area contributed by atoms with Gasteiger partial charge in [-0.15, -0.1) is 0 Å². The van der Waals surface area contributed by atoms with Crippen molar-refractivity contribution >= 4 is 5.78 Å². The van der Waals surface area contributed by atoms with Crippen LogP contribution in [0.2, 0.25) is 0 Å². The number of aromatic nitrogens is 2. The molecule has 1 aromatic heterocycles. The molecule has 0 aliphatic carbocycles. The fourth-order valence-corrected chi connectivity index (χ4v) is 2.13. The monoisotopic (exact) mass is 242 g/mol. The molecule has 0 fully saturated rings. The zero-order chi connectivity index (χ0) is 13.4. The molecule has 0 aliphatic heterocycles. The van der Waals surface area contributed by atoms with Gasteiger partial charge in [0, 0.05) is 18.3 Å². The molecule has 0 aliphatic rings. The van der Waals surface area contributed by atoms with Gasteiger partial charge in [0.25, 0.3) is 0 Å². The van der Waals surface area contributed by atoms with Crippen molar-refractivity contribution in [2.24, 2.45) is 7.05 Å². The Morgan fingerprint density at radius 1 is 1.11 bits per heavy atom. The average Bonchev–Trinajstić information content (AvgIpc) is 2.56. The lowest BCUT2D eigenvalue weighted by atomic mass is 9.98. The van der Waals surface area contributed by atoms with Gasteiger partial charge < -0.3 is 0 Å². The normalized spacial score (nSPS) is 10.7. The molecular formula is C15H18N2O. The number of aryl methyl sites for hydroxylation is 4. The van der Waals surface area contributed by atoms with Crippen LogP contribution < -0.4 is 0 Å². The molecule has 0 amide bonds. The molecule has 3 heteroatoms. The van der Waals surface area contributed by atoms with Crippen molar-refractivity contribution in [1.29, 1.82) is 0 Å². The van der Waals surface area contributed by atoms with Crippen LogP contribution in [0.1, 0.15) is 38.4 Å². The second-order valence-electron chi connectivity index (χ2n) is 4.80. The average molecular weight is 242 g/mol. The first-order chi connectivity index (χ1) is 8.41. The first-order valence-electron chi connectivity index (χ1n) is 6.04. The summed E-state index contributed by atoms with van der Waals surface area (Å²) in [6, 6.07) is 5.82. The lowest BCUT2D eigenvalue weighted by Crippen LogP contribution is -2.05. The highest BCUT2D eigenvalue weighted by Gasteiger charge is 2.18. The molecule has 0 unspecified atom stereocenters. The summed E-state index contributed by atoms with van der Waals surface area (Å²) in [5, 5.41) is 4.29. The van der Waals surface area contributed by atoms with Crippen LogP contribution in [0.25, 0.3) is 0 Å². The fraction of sp³-hybridized carbons (Fsp3) is 0.333. The van der Waals surface area contributed by atoms with E-state index < -0.39 is 0 Å². The van der Waals surface area contributed by atoms with E-state index in [1.54, 1.807) is 4.68 Å². The lowest BCUT2D eigenvalue weighted by Gasteiger charge is -2.05. The molecule has 3 nitrogen and oxygen atoms in total. The number of hydrogen-bond donors (Lipinski definition) is 0. The van der Waals surface area contributed by atoms with E-state index in [2.05, 4.69) is 5.10 Å². The minimum Gasteiger partial charge on any atom is -0.288 e. The van der Waals surface area contributed by atoms with Crippen molar-refractivity contribution in [3.8, 4) is 0 Å². The maximum absolute atomic E-state index is 12.5. The Bertz CT molecular complexity index is 624. The molecule has 2 aromatic rings. The van der Waals surface area contributed by atoms with E-state index in [9.17, 15) is 4.79 Å². The Kier molecular flexibility index (Phi) is 3.07. The molecule has 94 valence electrons. The van der Waals surface area contributed by atoms with Crippen molar-refractivity contribution in [3.05, 3.63) is 51.8 Å². The van der Waals surface area contributed by atoms with Crippen molar-refractivity contribution < 1.29 is 4.79 Å².